The van der Waals surface area contributed by atoms with E-state index in [1.165, 1.54) is 0 Å². The third-order valence-electron chi connectivity index (χ3n) is 2.86. The highest BCUT2D eigenvalue weighted by molar-refractivity contribution is 9.10. The number of nitrogens with two attached hydrogens (primary N) is 1. The Morgan fingerprint density at radius 3 is 2.68 bits per heavy atom. The quantitative estimate of drug-likeness (QED) is 0.927. The monoisotopic (exact) mass is 320 g/mol. The largest absolute Gasteiger partial charge is 0.439 e. The summed E-state index contributed by atoms with van der Waals surface area (Å²) in [5.41, 5.74) is 8.85. The molecule has 0 saturated heterocycles. The predicted octanol–water partition coefficient (Wildman–Crippen LogP) is 3.97. The molecule has 0 radical (unpaired) electrons. The Kier molecular flexibility index (Phi) is 4.56. The lowest BCUT2D eigenvalue weighted by Gasteiger charge is -2.09. The minimum atomic E-state index is 0.491. The van der Waals surface area contributed by atoms with Gasteiger partial charge < -0.3 is 10.5 Å². The van der Waals surface area contributed by atoms with Gasteiger partial charge in [0.2, 0.25) is 5.88 Å². The van der Waals surface area contributed by atoms with Gasteiger partial charge in [0.05, 0.1) is 0 Å². The third-order valence-corrected chi connectivity index (χ3v) is 3.75. The molecule has 3 nitrogen and oxygen atoms in total. The number of aryl methyl sites for hydroxylation is 2. The third kappa shape index (κ3) is 3.55. The highest BCUT2D eigenvalue weighted by Gasteiger charge is 2.05. The zero-order valence-corrected chi connectivity index (χ0v) is 12.7. The first-order valence-electron chi connectivity index (χ1n) is 6.26. The van der Waals surface area contributed by atoms with Crippen LogP contribution in [0.15, 0.2) is 34.8 Å². The Morgan fingerprint density at radius 2 is 2.05 bits per heavy atom. The molecule has 0 spiro atoms. The van der Waals surface area contributed by atoms with Crippen molar-refractivity contribution in [1.82, 2.24) is 4.98 Å². The molecule has 0 fully saturated rings. The van der Waals surface area contributed by atoms with E-state index < -0.39 is 0 Å². The van der Waals surface area contributed by atoms with Gasteiger partial charge >= 0.3 is 0 Å². The summed E-state index contributed by atoms with van der Waals surface area (Å²) in [6.07, 6.45) is 0.865. The zero-order chi connectivity index (χ0) is 13.8. The standard InChI is InChI=1S/C15H17BrN2O/c1-3-12-7-11(9-17)8-15(18-12)19-13-4-5-14(16)10(2)6-13/h4-8H,3,9,17H2,1-2H3. The molecule has 2 rings (SSSR count). The summed E-state index contributed by atoms with van der Waals surface area (Å²) in [6.45, 7) is 4.58. The topological polar surface area (TPSA) is 48.1 Å². The van der Waals surface area contributed by atoms with E-state index in [2.05, 4.69) is 27.8 Å². The fourth-order valence-corrected chi connectivity index (χ4v) is 2.02. The van der Waals surface area contributed by atoms with E-state index in [4.69, 9.17) is 10.5 Å². The lowest BCUT2D eigenvalue weighted by Crippen LogP contribution is -2.01. The summed E-state index contributed by atoms with van der Waals surface area (Å²) < 4.78 is 6.88. The Hall–Kier alpha value is -1.39. The molecular weight excluding hydrogens is 304 g/mol. The van der Waals surface area contributed by atoms with Crippen molar-refractivity contribution in [2.75, 3.05) is 0 Å². The number of ether oxygens (including phenoxy) is 1. The van der Waals surface area contributed by atoms with Gasteiger partial charge in [-0.15, -0.1) is 0 Å². The second-order valence-electron chi connectivity index (χ2n) is 4.38. The van der Waals surface area contributed by atoms with E-state index in [-0.39, 0.29) is 0 Å². The first-order valence-corrected chi connectivity index (χ1v) is 7.05. The molecule has 0 aliphatic heterocycles. The number of rotatable bonds is 4. The van der Waals surface area contributed by atoms with Gasteiger partial charge in [-0.25, -0.2) is 4.98 Å². The molecule has 0 amide bonds. The van der Waals surface area contributed by atoms with Gasteiger partial charge in [0.15, 0.2) is 0 Å². The van der Waals surface area contributed by atoms with E-state index in [0.29, 0.717) is 12.4 Å². The van der Waals surface area contributed by atoms with Crippen LogP contribution in [0.3, 0.4) is 0 Å². The average molecular weight is 321 g/mol. The molecule has 0 unspecified atom stereocenters. The van der Waals surface area contributed by atoms with Crippen LogP contribution in [0.4, 0.5) is 0 Å². The van der Waals surface area contributed by atoms with E-state index in [9.17, 15) is 0 Å². The lowest BCUT2D eigenvalue weighted by molar-refractivity contribution is 0.459. The summed E-state index contributed by atoms with van der Waals surface area (Å²) in [5, 5.41) is 0. The maximum atomic E-state index is 5.81. The van der Waals surface area contributed by atoms with Crippen molar-refractivity contribution >= 4 is 15.9 Å². The number of pyridine rings is 1. The van der Waals surface area contributed by atoms with Crippen LogP contribution in [-0.2, 0) is 13.0 Å². The second-order valence-corrected chi connectivity index (χ2v) is 5.23. The average Bonchev–Trinajstić information content (AvgIpc) is 2.42. The number of hydrogen-bond donors (Lipinski definition) is 1. The van der Waals surface area contributed by atoms with Gasteiger partial charge in [-0.2, -0.15) is 0 Å². The van der Waals surface area contributed by atoms with Crippen LogP contribution >= 0.6 is 15.9 Å². The fraction of sp³-hybridized carbons (Fsp3) is 0.267. The van der Waals surface area contributed by atoms with Crippen LogP contribution in [0.1, 0.15) is 23.7 Å². The molecule has 19 heavy (non-hydrogen) atoms. The normalized spacial score (nSPS) is 10.5. The molecule has 0 atom stereocenters. The van der Waals surface area contributed by atoms with Gasteiger partial charge in [-0.3, -0.25) is 0 Å². The molecule has 4 heteroatoms. The van der Waals surface area contributed by atoms with E-state index >= 15 is 0 Å². The van der Waals surface area contributed by atoms with Gasteiger partial charge in [0, 0.05) is 22.8 Å². The maximum absolute atomic E-state index is 5.81. The maximum Gasteiger partial charge on any atom is 0.219 e. The molecule has 0 saturated carbocycles. The molecule has 2 N–H and O–H groups in total. The van der Waals surface area contributed by atoms with Crippen LogP contribution < -0.4 is 10.5 Å². The van der Waals surface area contributed by atoms with Crippen molar-refractivity contribution in [1.29, 1.82) is 0 Å². The van der Waals surface area contributed by atoms with Crippen molar-refractivity contribution in [2.45, 2.75) is 26.8 Å². The van der Waals surface area contributed by atoms with E-state index in [1.807, 2.05) is 37.3 Å². The van der Waals surface area contributed by atoms with Crippen LogP contribution in [0.2, 0.25) is 0 Å². The van der Waals surface area contributed by atoms with Crippen molar-refractivity contribution in [3.8, 4) is 11.6 Å². The molecule has 2 aromatic rings. The minimum Gasteiger partial charge on any atom is -0.439 e. The van der Waals surface area contributed by atoms with E-state index in [0.717, 1.165) is 33.5 Å². The summed E-state index contributed by atoms with van der Waals surface area (Å²) in [6, 6.07) is 9.76. The van der Waals surface area contributed by atoms with Crippen molar-refractivity contribution in [3.63, 3.8) is 0 Å². The molecule has 0 aliphatic carbocycles. The predicted molar refractivity (Wildman–Crippen MR) is 80.5 cm³/mol. The molecule has 0 bridgehead atoms. The smallest absolute Gasteiger partial charge is 0.219 e. The Bertz CT molecular complexity index is 562. The number of benzene rings is 1. The van der Waals surface area contributed by atoms with Crippen LogP contribution in [-0.4, -0.2) is 4.98 Å². The summed E-state index contributed by atoms with van der Waals surface area (Å²) in [4.78, 5) is 4.46. The number of aromatic nitrogens is 1. The van der Waals surface area contributed by atoms with Gasteiger partial charge in [-0.05, 0) is 48.7 Å². The van der Waals surface area contributed by atoms with E-state index in [1.54, 1.807) is 0 Å². The van der Waals surface area contributed by atoms with Gasteiger partial charge in [0.1, 0.15) is 5.75 Å². The van der Waals surface area contributed by atoms with Gasteiger partial charge in [0.25, 0.3) is 0 Å². The number of halogens is 1. The molecule has 1 aromatic heterocycles. The zero-order valence-electron chi connectivity index (χ0n) is 11.1. The molecule has 1 aromatic carbocycles. The van der Waals surface area contributed by atoms with Crippen molar-refractivity contribution < 1.29 is 4.74 Å². The highest BCUT2D eigenvalue weighted by Crippen LogP contribution is 2.26. The summed E-state index contributed by atoms with van der Waals surface area (Å²) in [7, 11) is 0. The minimum absolute atomic E-state index is 0.491. The molecule has 0 aliphatic rings. The SMILES string of the molecule is CCc1cc(CN)cc(Oc2ccc(Br)c(C)c2)n1. The first-order chi connectivity index (χ1) is 9.12. The summed E-state index contributed by atoms with van der Waals surface area (Å²) >= 11 is 3.47. The molecule has 100 valence electrons. The van der Waals surface area contributed by atoms with Crippen LogP contribution in [0.25, 0.3) is 0 Å². The Labute approximate surface area is 121 Å². The molecular formula is C15H17BrN2O. The van der Waals surface area contributed by atoms with Crippen molar-refractivity contribution in [2.24, 2.45) is 5.73 Å². The second kappa shape index (κ2) is 6.17. The first kappa shape index (κ1) is 14.0. The van der Waals surface area contributed by atoms with Crippen molar-refractivity contribution in [3.05, 3.63) is 51.6 Å². The summed E-state index contributed by atoms with van der Waals surface area (Å²) in [5.74, 6) is 1.38. The fourth-order valence-electron chi connectivity index (χ4n) is 1.77. The number of hydrogen-bond acceptors (Lipinski definition) is 3. The van der Waals surface area contributed by atoms with Crippen LogP contribution in [0, 0.1) is 6.92 Å². The lowest BCUT2D eigenvalue weighted by atomic mass is 10.2. The Morgan fingerprint density at radius 1 is 1.26 bits per heavy atom. The highest BCUT2D eigenvalue weighted by atomic mass is 79.9. The number of nitrogens with zero attached hydrogens (tertiary/aromatic N) is 1. The molecule has 1 heterocycles. The Balaban J connectivity index is 2.29. The van der Waals surface area contributed by atoms with Crippen LogP contribution in [0.5, 0.6) is 11.6 Å². The van der Waals surface area contributed by atoms with Gasteiger partial charge in [-0.1, -0.05) is 22.9 Å².